The Balaban J connectivity index is 1.78. The molecule has 1 atom stereocenters. The number of nitrogens with one attached hydrogen (secondary N) is 2. The molecule has 1 aliphatic rings. The average Bonchev–Trinajstić information content (AvgIpc) is 2.55. The van der Waals surface area contributed by atoms with Crippen LogP contribution in [-0.2, 0) is 4.74 Å². The van der Waals surface area contributed by atoms with Crippen molar-refractivity contribution in [2.45, 2.75) is 58.6 Å². The van der Waals surface area contributed by atoms with Crippen LogP contribution in [0.4, 0.5) is 10.5 Å². The van der Waals surface area contributed by atoms with Gasteiger partial charge in [0, 0.05) is 30.4 Å². The predicted molar refractivity (Wildman–Crippen MR) is 104 cm³/mol. The molecule has 0 saturated carbocycles. The van der Waals surface area contributed by atoms with E-state index in [2.05, 4.69) is 22.5 Å². The van der Waals surface area contributed by atoms with E-state index in [1.165, 1.54) is 19.3 Å². The zero-order chi connectivity index (χ0) is 19.2. The Morgan fingerprint density at radius 1 is 1.19 bits per heavy atom. The molecule has 0 spiro atoms. The quantitative estimate of drug-likeness (QED) is 0.840. The first-order valence-corrected chi connectivity index (χ1v) is 9.37. The largest absolute Gasteiger partial charge is 0.444 e. The molecule has 1 unspecified atom stereocenters. The van der Waals surface area contributed by atoms with Crippen molar-refractivity contribution >= 4 is 17.7 Å². The van der Waals surface area contributed by atoms with Crippen LogP contribution >= 0.6 is 0 Å². The molecule has 1 aromatic carbocycles. The minimum Gasteiger partial charge on any atom is -0.444 e. The van der Waals surface area contributed by atoms with Crippen molar-refractivity contribution < 1.29 is 14.3 Å². The third kappa shape index (κ3) is 6.67. The molecule has 26 heavy (non-hydrogen) atoms. The molecule has 0 radical (unpaired) electrons. The van der Waals surface area contributed by atoms with Gasteiger partial charge in [0.05, 0.1) is 0 Å². The molecule has 1 fully saturated rings. The minimum atomic E-state index is -0.546. The van der Waals surface area contributed by atoms with Crippen molar-refractivity contribution in [3.8, 4) is 0 Å². The smallest absolute Gasteiger partial charge is 0.412 e. The van der Waals surface area contributed by atoms with Gasteiger partial charge in [0.1, 0.15) is 5.60 Å². The molecule has 0 bridgehead atoms. The molecule has 6 heteroatoms. The van der Waals surface area contributed by atoms with Crippen LogP contribution in [0.3, 0.4) is 0 Å². The van der Waals surface area contributed by atoms with E-state index in [1.54, 1.807) is 24.3 Å². The molecule has 0 aliphatic carbocycles. The number of hydrogen-bond acceptors (Lipinski definition) is 4. The van der Waals surface area contributed by atoms with Crippen LogP contribution in [0.15, 0.2) is 24.3 Å². The number of benzene rings is 1. The molecular weight excluding hydrogens is 330 g/mol. The molecule has 2 amide bonds. The molecule has 144 valence electrons. The number of rotatable bonds is 5. The van der Waals surface area contributed by atoms with Gasteiger partial charge in [-0.2, -0.15) is 0 Å². The topological polar surface area (TPSA) is 70.7 Å². The van der Waals surface area contributed by atoms with Gasteiger partial charge in [-0.05, 0) is 71.3 Å². The Hall–Kier alpha value is -2.08. The molecule has 1 aromatic rings. The van der Waals surface area contributed by atoms with Crippen LogP contribution in [0.1, 0.15) is 57.3 Å². The third-order valence-electron chi connectivity index (χ3n) is 4.42. The highest BCUT2D eigenvalue weighted by atomic mass is 16.6. The first-order chi connectivity index (χ1) is 12.2. The Kier molecular flexibility index (Phi) is 7.03. The van der Waals surface area contributed by atoms with Crippen LogP contribution in [0.25, 0.3) is 0 Å². The summed E-state index contributed by atoms with van der Waals surface area (Å²) in [5, 5.41) is 5.62. The fraction of sp³-hybridized carbons (Fsp3) is 0.600. The second-order valence-electron chi connectivity index (χ2n) is 7.84. The van der Waals surface area contributed by atoms with E-state index < -0.39 is 11.7 Å². The molecule has 6 nitrogen and oxygen atoms in total. The fourth-order valence-electron chi connectivity index (χ4n) is 3.03. The van der Waals surface area contributed by atoms with Crippen molar-refractivity contribution in [3.63, 3.8) is 0 Å². The molecular formula is C20H31N3O3. The lowest BCUT2D eigenvalue weighted by Gasteiger charge is -2.33. The molecule has 1 aliphatic heterocycles. The van der Waals surface area contributed by atoms with E-state index in [1.807, 2.05) is 20.8 Å². The second-order valence-corrected chi connectivity index (χ2v) is 7.84. The van der Waals surface area contributed by atoms with E-state index in [0.717, 1.165) is 13.1 Å². The SMILES string of the molecule is CC1CCCCN1CCNC(=O)c1ccc(NC(=O)OC(C)(C)C)cc1. The maximum absolute atomic E-state index is 12.2. The van der Waals surface area contributed by atoms with Gasteiger partial charge in [-0.3, -0.25) is 15.0 Å². The third-order valence-corrected chi connectivity index (χ3v) is 4.42. The lowest BCUT2D eigenvalue weighted by atomic mass is 10.0. The van der Waals surface area contributed by atoms with E-state index in [9.17, 15) is 9.59 Å². The highest BCUT2D eigenvalue weighted by Gasteiger charge is 2.18. The summed E-state index contributed by atoms with van der Waals surface area (Å²) in [5.74, 6) is -0.0986. The maximum atomic E-state index is 12.2. The molecule has 2 N–H and O–H groups in total. The summed E-state index contributed by atoms with van der Waals surface area (Å²) in [6.07, 6.45) is 3.27. The van der Waals surface area contributed by atoms with Crippen molar-refractivity contribution in [1.29, 1.82) is 0 Å². The van der Waals surface area contributed by atoms with Crippen molar-refractivity contribution in [2.24, 2.45) is 0 Å². The van der Waals surface area contributed by atoms with Gasteiger partial charge >= 0.3 is 6.09 Å². The zero-order valence-corrected chi connectivity index (χ0v) is 16.3. The Labute approximate surface area is 156 Å². The standard InChI is InChI=1S/C20H31N3O3/c1-15-7-5-6-13-23(15)14-12-21-18(24)16-8-10-17(11-9-16)22-19(25)26-20(2,3)4/h8-11,15H,5-7,12-14H2,1-4H3,(H,21,24)(H,22,25). The fourth-order valence-corrected chi connectivity index (χ4v) is 3.03. The summed E-state index contributed by atoms with van der Waals surface area (Å²) in [4.78, 5) is 26.4. The number of carbonyl (C=O) groups excluding carboxylic acids is 2. The number of piperidine rings is 1. The first-order valence-electron chi connectivity index (χ1n) is 9.37. The van der Waals surface area contributed by atoms with E-state index in [-0.39, 0.29) is 5.91 Å². The van der Waals surface area contributed by atoms with Gasteiger partial charge in [-0.25, -0.2) is 4.79 Å². The number of anilines is 1. The van der Waals surface area contributed by atoms with Crippen LogP contribution in [0.5, 0.6) is 0 Å². The summed E-state index contributed by atoms with van der Waals surface area (Å²) in [6, 6.07) is 7.40. The Morgan fingerprint density at radius 3 is 2.50 bits per heavy atom. The number of amides is 2. The van der Waals surface area contributed by atoms with Crippen molar-refractivity contribution in [2.75, 3.05) is 25.0 Å². The van der Waals surface area contributed by atoms with Gasteiger partial charge in [-0.15, -0.1) is 0 Å². The van der Waals surface area contributed by atoms with Crippen LogP contribution in [0.2, 0.25) is 0 Å². The number of hydrogen-bond donors (Lipinski definition) is 2. The summed E-state index contributed by atoms with van der Waals surface area (Å²) in [5.41, 5.74) is 0.625. The van der Waals surface area contributed by atoms with Gasteiger partial charge in [0.25, 0.3) is 5.91 Å². The highest BCUT2D eigenvalue weighted by molar-refractivity contribution is 5.95. The predicted octanol–water partition coefficient (Wildman–Crippen LogP) is 3.64. The Bertz CT molecular complexity index is 608. The van der Waals surface area contributed by atoms with Gasteiger partial charge < -0.3 is 10.1 Å². The highest BCUT2D eigenvalue weighted by Crippen LogP contribution is 2.15. The molecule has 0 aromatic heterocycles. The maximum Gasteiger partial charge on any atom is 0.412 e. The first kappa shape index (κ1) is 20.2. The van der Waals surface area contributed by atoms with E-state index in [0.29, 0.717) is 23.8 Å². The Morgan fingerprint density at radius 2 is 1.88 bits per heavy atom. The molecule has 1 heterocycles. The normalized spacial score (nSPS) is 18.2. The monoisotopic (exact) mass is 361 g/mol. The zero-order valence-electron chi connectivity index (χ0n) is 16.3. The lowest BCUT2D eigenvalue weighted by molar-refractivity contribution is 0.0635. The summed E-state index contributed by atoms with van der Waals surface area (Å²) < 4.78 is 5.20. The van der Waals surface area contributed by atoms with Crippen LogP contribution in [0, 0.1) is 0 Å². The number of nitrogens with zero attached hydrogens (tertiary/aromatic N) is 1. The number of carbonyl (C=O) groups is 2. The molecule has 2 rings (SSSR count). The summed E-state index contributed by atoms with van der Waals surface area (Å²) in [6.45, 7) is 10.3. The summed E-state index contributed by atoms with van der Waals surface area (Å²) in [7, 11) is 0. The van der Waals surface area contributed by atoms with E-state index >= 15 is 0 Å². The minimum absolute atomic E-state index is 0.0986. The van der Waals surface area contributed by atoms with Crippen LogP contribution in [-0.4, -0.2) is 48.2 Å². The summed E-state index contributed by atoms with van der Waals surface area (Å²) >= 11 is 0. The number of likely N-dealkylation sites (tertiary alicyclic amines) is 1. The lowest BCUT2D eigenvalue weighted by Crippen LogP contribution is -2.42. The van der Waals surface area contributed by atoms with Crippen molar-refractivity contribution in [1.82, 2.24) is 10.2 Å². The van der Waals surface area contributed by atoms with Gasteiger partial charge in [0.15, 0.2) is 0 Å². The van der Waals surface area contributed by atoms with Gasteiger partial charge in [-0.1, -0.05) is 6.42 Å². The number of ether oxygens (including phenoxy) is 1. The van der Waals surface area contributed by atoms with Crippen molar-refractivity contribution in [3.05, 3.63) is 29.8 Å². The molecule has 1 saturated heterocycles. The van der Waals surface area contributed by atoms with Crippen LogP contribution < -0.4 is 10.6 Å². The average molecular weight is 361 g/mol. The van der Waals surface area contributed by atoms with Gasteiger partial charge in [0.2, 0.25) is 0 Å². The van der Waals surface area contributed by atoms with E-state index in [4.69, 9.17) is 4.74 Å². The second kappa shape index (κ2) is 9.03.